The first-order valence-electron chi connectivity index (χ1n) is 10.6. The van der Waals surface area contributed by atoms with Crippen LogP contribution in [0.4, 0.5) is 13.2 Å². The molecule has 2 aromatic carbocycles. The molecule has 4 rings (SSSR count). The molecular formula is C25H22F3N3O3S. The second-order valence-corrected chi connectivity index (χ2v) is 9.67. The summed E-state index contributed by atoms with van der Waals surface area (Å²) in [4.78, 5) is 22.2. The first-order valence-corrected chi connectivity index (χ1v) is 11.4. The molecule has 1 N–H and O–H groups in total. The van der Waals surface area contributed by atoms with Crippen molar-refractivity contribution in [3.63, 3.8) is 0 Å². The van der Waals surface area contributed by atoms with E-state index >= 15 is 0 Å². The van der Waals surface area contributed by atoms with E-state index in [-0.39, 0.29) is 11.6 Å². The second kappa shape index (κ2) is 9.35. The second-order valence-electron chi connectivity index (χ2n) is 8.61. The van der Waals surface area contributed by atoms with Crippen molar-refractivity contribution in [2.45, 2.75) is 42.5 Å². The molecule has 0 saturated carbocycles. The molecular weight excluding hydrogens is 479 g/mol. The number of pyridine rings is 1. The van der Waals surface area contributed by atoms with E-state index in [2.05, 4.69) is 9.97 Å². The minimum atomic E-state index is -4.42. The average Bonchev–Trinajstić information content (AvgIpc) is 2.78. The van der Waals surface area contributed by atoms with E-state index in [1.165, 1.54) is 29.1 Å². The predicted octanol–water partition coefficient (Wildman–Crippen LogP) is 5.41. The van der Waals surface area contributed by atoms with Crippen LogP contribution in [0.2, 0.25) is 0 Å². The number of ether oxygens (including phenoxy) is 1. The summed E-state index contributed by atoms with van der Waals surface area (Å²) in [6.45, 7) is 5.27. The van der Waals surface area contributed by atoms with Gasteiger partial charge in [-0.15, -0.1) is 0 Å². The number of halogens is 3. The van der Waals surface area contributed by atoms with Gasteiger partial charge in [0.05, 0.1) is 16.7 Å². The Morgan fingerprint density at radius 3 is 2.46 bits per heavy atom. The number of aromatic nitrogens is 3. The van der Waals surface area contributed by atoms with Crippen LogP contribution < -0.4 is 10.3 Å². The quantitative estimate of drug-likeness (QED) is 0.381. The SMILES string of the molecule is Cc1cc(OCC(C)(C)O)nc2ccc(-n3ccnc(Sc4ccc(C(F)(F)F)cc4)c3=O)cc12. The van der Waals surface area contributed by atoms with Crippen LogP contribution in [0.5, 0.6) is 5.88 Å². The molecule has 0 spiro atoms. The first-order chi connectivity index (χ1) is 16.4. The van der Waals surface area contributed by atoms with Gasteiger partial charge < -0.3 is 9.84 Å². The largest absolute Gasteiger partial charge is 0.475 e. The summed E-state index contributed by atoms with van der Waals surface area (Å²) >= 11 is 0.997. The normalized spacial score (nSPS) is 12.2. The highest BCUT2D eigenvalue weighted by molar-refractivity contribution is 7.99. The molecule has 0 aliphatic rings. The van der Waals surface area contributed by atoms with Gasteiger partial charge in [-0.3, -0.25) is 9.36 Å². The van der Waals surface area contributed by atoms with Crippen molar-refractivity contribution in [2.24, 2.45) is 0 Å². The Hall–Kier alpha value is -3.37. The molecule has 182 valence electrons. The summed E-state index contributed by atoms with van der Waals surface area (Å²) in [5, 5.41) is 10.8. The van der Waals surface area contributed by atoms with E-state index in [4.69, 9.17) is 4.74 Å². The van der Waals surface area contributed by atoms with Gasteiger partial charge in [0.15, 0.2) is 5.03 Å². The fourth-order valence-corrected chi connectivity index (χ4v) is 4.11. The Morgan fingerprint density at radius 1 is 1.09 bits per heavy atom. The number of aliphatic hydroxyl groups is 1. The average molecular weight is 502 g/mol. The third-order valence-corrected chi connectivity index (χ3v) is 6.01. The lowest BCUT2D eigenvalue weighted by Crippen LogP contribution is -2.28. The molecule has 0 fully saturated rings. The monoisotopic (exact) mass is 501 g/mol. The topological polar surface area (TPSA) is 77.2 Å². The first kappa shape index (κ1) is 24.7. The third-order valence-electron chi connectivity index (χ3n) is 5.03. The lowest BCUT2D eigenvalue weighted by atomic mass is 10.1. The molecule has 10 heteroatoms. The van der Waals surface area contributed by atoms with Gasteiger partial charge in [0.25, 0.3) is 5.56 Å². The summed E-state index contributed by atoms with van der Waals surface area (Å²) < 4.78 is 45.4. The van der Waals surface area contributed by atoms with Crippen molar-refractivity contribution >= 4 is 22.7 Å². The van der Waals surface area contributed by atoms with Crippen LogP contribution in [-0.2, 0) is 6.18 Å². The highest BCUT2D eigenvalue weighted by Crippen LogP contribution is 2.32. The number of rotatable bonds is 6. The van der Waals surface area contributed by atoms with Crippen molar-refractivity contribution in [1.82, 2.24) is 14.5 Å². The van der Waals surface area contributed by atoms with Gasteiger partial charge in [0, 0.05) is 34.4 Å². The molecule has 0 radical (unpaired) electrons. The van der Waals surface area contributed by atoms with Crippen LogP contribution in [0.1, 0.15) is 25.0 Å². The van der Waals surface area contributed by atoms with Crippen molar-refractivity contribution in [3.8, 4) is 11.6 Å². The van der Waals surface area contributed by atoms with Gasteiger partial charge in [-0.1, -0.05) is 11.8 Å². The Balaban J connectivity index is 1.63. The zero-order valence-corrected chi connectivity index (χ0v) is 19.9. The van der Waals surface area contributed by atoms with Crippen LogP contribution in [0.25, 0.3) is 16.6 Å². The van der Waals surface area contributed by atoms with Crippen LogP contribution >= 0.6 is 11.8 Å². The minimum Gasteiger partial charge on any atom is -0.475 e. The Kier molecular flexibility index (Phi) is 6.61. The van der Waals surface area contributed by atoms with Crippen LogP contribution in [0, 0.1) is 6.92 Å². The number of alkyl halides is 3. The highest BCUT2D eigenvalue weighted by atomic mass is 32.2. The van der Waals surface area contributed by atoms with Gasteiger partial charge in [0.1, 0.15) is 6.61 Å². The summed E-state index contributed by atoms with van der Waals surface area (Å²) in [6, 6.07) is 11.7. The maximum atomic E-state index is 13.1. The molecule has 4 aromatic rings. The minimum absolute atomic E-state index is 0.0921. The number of fused-ring (bicyclic) bond motifs is 1. The van der Waals surface area contributed by atoms with Gasteiger partial charge in [-0.05, 0) is 68.8 Å². The maximum Gasteiger partial charge on any atom is 0.416 e. The standard InChI is InChI=1S/C25H22F3N3O3S/c1-15-12-21(34-14-24(2,3)33)30-20-9-6-17(13-19(15)20)31-11-10-29-22(23(31)32)35-18-7-4-16(5-8-18)25(26,27)28/h4-13,33H,14H2,1-3H3. The molecule has 2 aromatic heterocycles. The summed E-state index contributed by atoms with van der Waals surface area (Å²) in [6.07, 6.45) is -1.42. The van der Waals surface area contributed by atoms with E-state index in [9.17, 15) is 23.1 Å². The van der Waals surface area contributed by atoms with Crippen LogP contribution in [-0.4, -0.2) is 31.8 Å². The summed E-state index contributed by atoms with van der Waals surface area (Å²) in [5.41, 5.74) is -0.00622. The van der Waals surface area contributed by atoms with E-state index in [0.717, 1.165) is 34.8 Å². The van der Waals surface area contributed by atoms with Crippen molar-refractivity contribution in [2.75, 3.05) is 6.61 Å². The molecule has 0 unspecified atom stereocenters. The fourth-order valence-electron chi connectivity index (χ4n) is 3.32. The van der Waals surface area contributed by atoms with Crippen LogP contribution in [0.15, 0.2) is 75.6 Å². The van der Waals surface area contributed by atoms with Gasteiger partial charge in [0.2, 0.25) is 5.88 Å². The zero-order chi connectivity index (χ0) is 25.4. The maximum absolute atomic E-state index is 13.1. The Labute approximate surface area is 203 Å². The smallest absolute Gasteiger partial charge is 0.416 e. The number of nitrogens with zero attached hydrogens (tertiary/aromatic N) is 3. The highest BCUT2D eigenvalue weighted by Gasteiger charge is 2.30. The number of benzene rings is 2. The molecule has 0 aliphatic carbocycles. The number of hydrogen-bond donors (Lipinski definition) is 1. The lowest BCUT2D eigenvalue weighted by Gasteiger charge is -2.18. The summed E-state index contributed by atoms with van der Waals surface area (Å²) in [5.74, 6) is 0.390. The number of hydrogen-bond acceptors (Lipinski definition) is 6. The molecule has 0 bridgehead atoms. The lowest BCUT2D eigenvalue weighted by molar-refractivity contribution is -0.137. The predicted molar refractivity (Wildman–Crippen MR) is 127 cm³/mol. The molecule has 0 aliphatic heterocycles. The van der Waals surface area contributed by atoms with Gasteiger partial charge in [-0.2, -0.15) is 13.2 Å². The van der Waals surface area contributed by atoms with E-state index in [1.807, 2.05) is 13.0 Å². The summed E-state index contributed by atoms with van der Waals surface area (Å²) in [7, 11) is 0. The van der Waals surface area contributed by atoms with Crippen molar-refractivity contribution in [3.05, 3.63) is 82.4 Å². The van der Waals surface area contributed by atoms with Crippen molar-refractivity contribution < 1.29 is 23.0 Å². The van der Waals surface area contributed by atoms with E-state index < -0.39 is 22.9 Å². The Morgan fingerprint density at radius 2 is 1.80 bits per heavy atom. The van der Waals surface area contributed by atoms with E-state index in [1.54, 1.807) is 32.0 Å². The molecule has 0 amide bonds. The van der Waals surface area contributed by atoms with Gasteiger partial charge >= 0.3 is 6.18 Å². The molecule has 2 heterocycles. The fraction of sp³-hybridized carbons (Fsp3) is 0.240. The third kappa shape index (κ3) is 5.83. The van der Waals surface area contributed by atoms with Crippen molar-refractivity contribution in [1.29, 1.82) is 0 Å². The molecule has 35 heavy (non-hydrogen) atoms. The molecule has 0 atom stereocenters. The van der Waals surface area contributed by atoms with Gasteiger partial charge in [-0.25, -0.2) is 9.97 Å². The number of aryl methyl sites for hydroxylation is 1. The zero-order valence-electron chi connectivity index (χ0n) is 19.1. The molecule has 0 saturated heterocycles. The van der Waals surface area contributed by atoms with Crippen LogP contribution in [0.3, 0.4) is 0 Å². The molecule has 6 nitrogen and oxygen atoms in total. The van der Waals surface area contributed by atoms with E-state index in [0.29, 0.717) is 22.0 Å². The Bertz CT molecular complexity index is 1430.